The van der Waals surface area contributed by atoms with Gasteiger partial charge in [0.15, 0.2) is 0 Å². The lowest BCUT2D eigenvalue weighted by Gasteiger charge is -2.35. The van der Waals surface area contributed by atoms with Crippen LogP contribution in [0.15, 0.2) is 42.5 Å². The van der Waals surface area contributed by atoms with Crippen LogP contribution in [0.1, 0.15) is 54.2 Å². The molecule has 0 saturated carbocycles. The summed E-state index contributed by atoms with van der Waals surface area (Å²) < 4.78 is 98.0. The maximum absolute atomic E-state index is 17.7. The van der Waals surface area contributed by atoms with Crippen molar-refractivity contribution in [2.24, 2.45) is 11.8 Å². The number of hydrogen-bond donors (Lipinski definition) is 1. The van der Waals surface area contributed by atoms with Gasteiger partial charge >= 0.3 is 12.1 Å². The normalized spacial score (nSPS) is 26.7. The van der Waals surface area contributed by atoms with E-state index in [0.29, 0.717) is 22.6 Å². The van der Waals surface area contributed by atoms with Gasteiger partial charge in [-0.1, -0.05) is 18.2 Å². The third-order valence-electron chi connectivity index (χ3n) is 11.6. The highest BCUT2D eigenvalue weighted by molar-refractivity contribution is 5.88. The molecule has 4 atom stereocenters. The zero-order valence-electron chi connectivity index (χ0n) is 30.3. The fourth-order valence-corrected chi connectivity index (χ4v) is 8.53. The number of piperidine rings is 2. The van der Waals surface area contributed by atoms with Crippen LogP contribution in [0.5, 0.6) is 5.75 Å². The van der Waals surface area contributed by atoms with Gasteiger partial charge < -0.3 is 29.3 Å². The molecule has 6 rings (SSSR count). The van der Waals surface area contributed by atoms with Gasteiger partial charge in [0.05, 0.1) is 31.7 Å². The summed E-state index contributed by atoms with van der Waals surface area (Å²) in [5, 5.41) is 9.51. The summed E-state index contributed by atoms with van der Waals surface area (Å²) in [6.07, 6.45) is -5.05. The van der Waals surface area contributed by atoms with Gasteiger partial charge in [0.2, 0.25) is 11.6 Å². The van der Waals surface area contributed by atoms with Crippen molar-refractivity contribution in [1.82, 2.24) is 14.7 Å². The van der Waals surface area contributed by atoms with Gasteiger partial charge in [0, 0.05) is 95.8 Å². The van der Waals surface area contributed by atoms with Crippen LogP contribution >= 0.6 is 0 Å². The Morgan fingerprint density at radius 2 is 1.56 bits per heavy atom. The van der Waals surface area contributed by atoms with Crippen molar-refractivity contribution in [1.29, 1.82) is 0 Å². The maximum Gasteiger partial charge on any atom is 0.416 e. The highest BCUT2D eigenvalue weighted by Gasteiger charge is 2.57. The molecular formula is C38H46F6N4O6. The first kappa shape index (κ1) is 39.6. The summed E-state index contributed by atoms with van der Waals surface area (Å²) in [6.45, 7) is -0.327. The quantitative estimate of drug-likeness (QED) is 0.327. The summed E-state index contributed by atoms with van der Waals surface area (Å²) in [6, 6.07) is 10.1. The number of nitrogens with zero attached hydrogens (tertiary/aromatic N) is 4. The number of likely N-dealkylation sites (tertiary alicyclic amines) is 3. The van der Waals surface area contributed by atoms with Crippen molar-refractivity contribution >= 4 is 23.5 Å². The maximum atomic E-state index is 17.7. The molecule has 2 amide bonds. The third-order valence-corrected chi connectivity index (χ3v) is 11.6. The van der Waals surface area contributed by atoms with Crippen molar-refractivity contribution in [3.63, 3.8) is 0 Å². The third kappa shape index (κ3) is 8.28. The number of anilines is 1. The second kappa shape index (κ2) is 15.6. The second-order valence-corrected chi connectivity index (χ2v) is 15.0. The molecule has 0 aromatic heterocycles. The minimum atomic E-state index is -4.64. The lowest BCUT2D eigenvalue weighted by molar-refractivity contribution is -0.144. The molecule has 4 heterocycles. The molecule has 0 spiro atoms. The van der Waals surface area contributed by atoms with Crippen LogP contribution in [-0.4, -0.2) is 129 Å². The second-order valence-electron chi connectivity index (χ2n) is 15.0. The topological polar surface area (TPSA) is 103 Å². The van der Waals surface area contributed by atoms with Gasteiger partial charge in [0.1, 0.15) is 5.75 Å². The van der Waals surface area contributed by atoms with Crippen LogP contribution in [-0.2, 0) is 25.3 Å². The largest absolute Gasteiger partial charge is 0.497 e. The average Bonchev–Trinajstić information content (AvgIpc) is 3.71. The van der Waals surface area contributed by atoms with Crippen LogP contribution in [0.25, 0.3) is 0 Å². The highest BCUT2D eigenvalue weighted by Crippen LogP contribution is 2.46. The number of carboxylic acid groups (broad SMARTS) is 1. The van der Waals surface area contributed by atoms with E-state index in [1.807, 2.05) is 0 Å². The van der Waals surface area contributed by atoms with E-state index in [-0.39, 0.29) is 71.8 Å². The first-order valence-electron chi connectivity index (χ1n) is 18.2. The van der Waals surface area contributed by atoms with E-state index < -0.39 is 84.2 Å². The molecule has 0 radical (unpaired) electrons. The number of halogens is 6. The SMILES string of the molecule is COC[C@H]1CN(C(=O)[C@]2(F)CN(CC(=O)N3CCC(F)(F)CC3)C[C@H]2c2ccc(OC)cc2)C[C@@H]1c1ccc(C(F)(F)F)cc1N1CCC(C(=O)O)CC1. The minimum absolute atomic E-state index is 0.00156. The number of benzene rings is 2. The lowest BCUT2D eigenvalue weighted by atomic mass is 9.85. The zero-order valence-corrected chi connectivity index (χ0v) is 30.3. The summed E-state index contributed by atoms with van der Waals surface area (Å²) in [5.74, 6) is -7.11. The lowest BCUT2D eigenvalue weighted by Crippen LogP contribution is -2.50. The van der Waals surface area contributed by atoms with Gasteiger partial charge in [0.25, 0.3) is 11.8 Å². The van der Waals surface area contributed by atoms with Crippen molar-refractivity contribution in [3.8, 4) is 5.75 Å². The Balaban J connectivity index is 1.28. The molecule has 1 N–H and O–H groups in total. The molecule has 0 bridgehead atoms. The van der Waals surface area contributed by atoms with Crippen LogP contribution < -0.4 is 9.64 Å². The van der Waals surface area contributed by atoms with Crippen LogP contribution in [0, 0.1) is 11.8 Å². The predicted molar refractivity (Wildman–Crippen MR) is 185 cm³/mol. The van der Waals surface area contributed by atoms with Crippen LogP contribution in [0.3, 0.4) is 0 Å². The van der Waals surface area contributed by atoms with Crippen LogP contribution in [0.2, 0.25) is 0 Å². The van der Waals surface area contributed by atoms with Gasteiger partial charge in [-0.3, -0.25) is 19.3 Å². The van der Waals surface area contributed by atoms with Gasteiger partial charge in [-0.25, -0.2) is 13.2 Å². The number of alkyl halides is 6. The first-order chi connectivity index (χ1) is 25.5. The number of rotatable bonds is 10. The highest BCUT2D eigenvalue weighted by atomic mass is 19.4. The zero-order chi connectivity index (χ0) is 39.0. The number of carbonyl (C=O) groups excluding carboxylic acids is 2. The van der Waals surface area contributed by atoms with Crippen molar-refractivity contribution in [2.75, 3.05) is 84.6 Å². The molecule has 4 saturated heterocycles. The van der Waals surface area contributed by atoms with Crippen molar-refractivity contribution in [2.45, 2.75) is 55.3 Å². The Kier molecular flexibility index (Phi) is 11.4. The number of hydrogen-bond acceptors (Lipinski definition) is 7. The molecule has 4 aliphatic rings. The van der Waals surface area contributed by atoms with E-state index in [0.717, 1.165) is 12.1 Å². The number of amides is 2. The Labute approximate surface area is 309 Å². The molecule has 16 heteroatoms. The molecule has 4 fully saturated rings. The molecule has 2 aromatic carbocycles. The van der Waals surface area contributed by atoms with Gasteiger partial charge in [-0.2, -0.15) is 13.2 Å². The summed E-state index contributed by atoms with van der Waals surface area (Å²) >= 11 is 0. The Morgan fingerprint density at radius 1 is 0.889 bits per heavy atom. The molecule has 0 aliphatic carbocycles. The molecule has 4 aliphatic heterocycles. The van der Waals surface area contributed by atoms with E-state index in [1.165, 1.54) is 35.0 Å². The summed E-state index contributed by atoms with van der Waals surface area (Å²) in [7, 11) is 2.95. The fraction of sp³-hybridized carbons (Fsp3) is 0.605. The molecule has 0 unspecified atom stereocenters. The summed E-state index contributed by atoms with van der Waals surface area (Å²) in [4.78, 5) is 45.4. The Bertz CT molecular complexity index is 1680. The minimum Gasteiger partial charge on any atom is -0.497 e. The summed E-state index contributed by atoms with van der Waals surface area (Å²) in [5.41, 5.74) is -2.06. The first-order valence-corrected chi connectivity index (χ1v) is 18.2. The van der Waals surface area contributed by atoms with Crippen molar-refractivity contribution < 1.29 is 55.3 Å². The number of aliphatic carboxylic acids is 1. The molecule has 10 nitrogen and oxygen atoms in total. The van der Waals surface area contributed by atoms with Crippen molar-refractivity contribution in [3.05, 3.63) is 59.2 Å². The Morgan fingerprint density at radius 3 is 2.15 bits per heavy atom. The van der Waals surface area contributed by atoms with E-state index in [9.17, 15) is 41.4 Å². The molecular weight excluding hydrogens is 722 g/mol. The molecule has 296 valence electrons. The number of carbonyl (C=O) groups is 3. The Hall–Kier alpha value is -4.05. The standard InChI is InChI=1S/C38H46F6N4O6/c1-53-22-26-18-48(19-30(26)29-8-5-27(38(42,43)44)17-32(29)46-13-9-25(10-14-46)34(50)51)35(52)37(41)23-45(20-31(37)24-3-6-28(54-2)7-4-24)21-33(49)47-15-11-36(39,40)12-16-47/h3-8,17,25-26,30-31H,9-16,18-23H2,1-2H3,(H,50,51)/t26-,30+,31+,37+/m1/s1. The van der Waals surface area contributed by atoms with E-state index >= 15 is 4.39 Å². The fourth-order valence-electron chi connectivity index (χ4n) is 8.53. The smallest absolute Gasteiger partial charge is 0.416 e. The average molecular weight is 769 g/mol. The van der Waals surface area contributed by atoms with Gasteiger partial charge in [-0.05, 0) is 48.2 Å². The number of ether oxygens (including phenoxy) is 2. The number of methoxy groups -OCH3 is 2. The van der Waals surface area contributed by atoms with E-state index in [1.54, 1.807) is 29.2 Å². The van der Waals surface area contributed by atoms with E-state index in [4.69, 9.17) is 9.47 Å². The van der Waals surface area contributed by atoms with E-state index in [2.05, 4.69) is 0 Å². The predicted octanol–water partition coefficient (Wildman–Crippen LogP) is 5.27. The number of carboxylic acids is 1. The molecule has 2 aromatic rings. The monoisotopic (exact) mass is 768 g/mol. The molecule has 54 heavy (non-hydrogen) atoms. The van der Waals surface area contributed by atoms with Gasteiger partial charge in [-0.15, -0.1) is 0 Å². The van der Waals surface area contributed by atoms with Crippen LogP contribution in [0.4, 0.5) is 32.0 Å².